The molecule has 0 aliphatic heterocycles. The van der Waals surface area contributed by atoms with Crippen LogP contribution < -0.4 is 0 Å². The summed E-state index contributed by atoms with van der Waals surface area (Å²) in [5, 5.41) is 0. The third-order valence-corrected chi connectivity index (χ3v) is 14.9. The van der Waals surface area contributed by atoms with E-state index in [9.17, 15) is 0 Å². The summed E-state index contributed by atoms with van der Waals surface area (Å²) in [6, 6.07) is 1.03. The van der Waals surface area contributed by atoms with Crippen LogP contribution in [0, 0.1) is 0 Å². The van der Waals surface area contributed by atoms with E-state index in [1.165, 1.54) is 0 Å². The molecular weight excluding hydrogens is 262 g/mol. The first-order chi connectivity index (χ1) is 7.98. The maximum atomic E-state index is 15.1. The summed E-state index contributed by atoms with van der Waals surface area (Å²) < 4.78 is 30.2. The van der Waals surface area contributed by atoms with Gasteiger partial charge in [0.25, 0.3) is 16.8 Å². The van der Waals surface area contributed by atoms with Crippen LogP contribution in [0.3, 0.4) is 0 Å². The molecule has 110 valence electrons. The van der Waals surface area contributed by atoms with E-state index >= 15 is 8.22 Å². The Bertz CT molecular complexity index is 208. The SMILES string of the molecule is CC(C)[Si](F)(CC[Si](F)(C(C)C)C(C)C)C(C)C. The molecule has 0 bridgehead atoms. The van der Waals surface area contributed by atoms with Crippen molar-refractivity contribution in [2.45, 2.75) is 89.6 Å². The summed E-state index contributed by atoms with van der Waals surface area (Å²) >= 11 is 0. The lowest BCUT2D eigenvalue weighted by Crippen LogP contribution is -2.42. The summed E-state index contributed by atoms with van der Waals surface area (Å²) in [4.78, 5) is 0. The lowest BCUT2D eigenvalue weighted by molar-refractivity contribution is 0.639. The molecule has 0 aliphatic rings. The molecule has 0 saturated heterocycles. The van der Waals surface area contributed by atoms with Crippen LogP contribution in [0.5, 0.6) is 0 Å². The van der Waals surface area contributed by atoms with E-state index in [2.05, 4.69) is 0 Å². The van der Waals surface area contributed by atoms with E-state index in [-0.39, 0.29) is 22.2 Å². The molecule has 0 saturated carbocycles. The van der Waals surface area contributed by atoms with Crippen LogP contribution in [0.2, 0.25) is 34.3 Å². The predicted octanol–water partition coefficient (Wildman–Crippen LogP) is 6.46. The molecule has 0 aliphatic carbocycles. The second-order valence-electron chi connectivity index (χ2n) is 6.97. The highest BCUT2D eigenvalue weighted by molar-refractivity contribution is 6.81. The largest absolute Gasteiger partial charge is 0.313 e. The van der Waals surface area contributed by atoms with E-state index in [1.54, 1.807) is 0 Å². The molecule has 0 amide bonds. The van der Waals surface area contributed by atoms with Gasteiger partial charge < -0.3 is 8.22 Å². The van der Waals surface area contributed by atoms with Gasteiger partial charge in [0.2, 0.25) is 0 Å². The first kappa shape index (κ1) is 18.3. The van der Waals surface area contributed by atoms with Gasteiger partial charge in [-0.1, -0.05) is 55.4 Å². The standard InChI is InChI=1S/C14H32F2Si2/c1-11(2)17(15,12(3)4)9-10-18(16,13(5)6)14(7)8/h11-14H,9-10H2,1-8H3. The molecule has 0 radical (unpaired) electrons. The van der Waals surface area contributed by atoms with Gasteiger partial charge in [0, 0.05) is 0 Å². The Hall–Kier alpha value is 0.294. The summed E-state index contributed by atoms with van der Waals surface area (Å²) in [6.07, 6.45) is 0. The normalized spacial score (nSPS) is 14.3. The summed E-state index contributed by atoms with van der Waals surface area (Å²) in [5.74, 6) is 0. The van der Waals surface area contributed by atoms with Gasteiger partial charge >= 0.3 is 0 Å². The highest BCUT2D eigenvalue weighted by atomic mass is 28.4. The predicted molar refractivity (Wildman–Crippen MR) is 83.7 cm³/mol. The Kier molecular flexibility index (Phi) is 6.75. The molecule has 0 heterocycles. The van der Waals surface area contributed by atoms with Crippen LogP contribution >= 0.6 is 0 Å². The van der Waals surface area contributed by atoms with E-state index in [1.807, 2.05) is 55.4 Å². The lowest BCUT2D eigenvalue weighted by atomic mass is 10.5. The van der Waals surface area contributed by atoms with E-state index in [4.69, 9.17) is 0 Å². The fourth-order valence-corrected chi connectivity index (χ4v) is 10.9. The summed E-state index contributed by atoms with van der Waals surface area (Å²) in [5.41, 5.74) is 0.371. The summed E-state index contributed by atoms with van der Waals surface area (Å²) in [6.45, 7) is 15.8. The van der Waals surface area contributed by atoms with Gasteiger partial charge in [0.15, 0.2) is 0 Å². The van der Waals surface area contributed by atoms with Crippen molar-refractivity contribution in [3.8, 4) is 0 Å². The fourth-order valence-electron chi connectivity index (χ4n) is 2.87. The first-order valence-electron chi connectivity index (χ1n) is 7.36. The average molecular weight is 295 g/mol. The van der Waals surface area contributed by atoms with Crippen molar-refractivity contribution < 1.29 is 8.22 Å². The molecule has 0 unspecified atom stereocenters. The highest BCUT2D eigenvalue weighted by Gasteiger charge is 2.47. The van der Waals surface area contributed by atoms with Crippen molar-refractivity contribution in [2.75, 3.05) is 0 Å². The van der Waals surface area contributed by atoms with Crippen molar-refractivity contribution >= 4 is 16.8 Å². The molecule has 0 nitrogen and oxygen atoms in total. The third kappa shape index (κ3) is 3.89. The summed E-state index contributed by atoms with van der Waals surface area (Å²) in [7, 11) is -5.62. The van der Waals surface area contributed by atoms with Crippen LogP contribution in [0.4, 0.5) is 8.22 Å². The van der Waals surface area contributed by atoms with Gasteiger partial charge in [0.1, 0.15) is 0 Å². The van der Waals surface area contributed by atoms with Crippen LogP contribution in [0.25, 0.3) is 0 Å². The Balaban J connectivity index is 4.90. The van der Waals surface area contributed by atoms with Crippen molar-refractivity contribution in [1.82, 2.24) is 0 Å². The molecule has 0 fully saturated rings. The molecule has 0 atom stereocenters. The Labute approximate surface area is 115 Å². The fraction of sp³-hybridized carbons (Fsp3) is 1.00. The smallest absolute Gasteiger partial charge is 0.251 e. The molecule has 0 spiro atoms. The van der Waals surface area contributed by atoms with E-state index < -0.39 is 16.8 Å². The molecule has 4 heteroatoms. The lowest BCUT2D eigenvalue weighted by Gasteiger charge is -2.36. The van der Waals surface area contributed by atoms with Crippen molar-refractivity contribution in [3.63, 3.8) is 0 Å². The minimum Gasteiger partial charge on any atom is -0.313 e. The number of hydrogen-bond acceptors (Lipinski definition) is 0. The minimum atomic E-state index is -2.81. The van der Waals surface area contributed by atoms with Gasteiger partial charge in [-0.25, -0.2) is 0 Å². The van der Waals surface area contributed by atoms with Crippen molar-refractivity contribution in [1.29, 1.82) is 0 Å². The maximum Gasteiger partial charge on any atom is 0.251 e. The molecule has 0 N–H and O–H groups in total. The van der Waals surface area contributed by atoms with Crippen molar-refractivity contribution in [2.24, 2.45) is 0 Å². The van der Waals surface area contributed by atoms with E-state index in [0.717, 1.165) is 0 Å². The first-order valence-corrected chi connectivity index (χ1v) is 11.8. The second-order valence-corrected chi connectivity index (χ2v) is 16.3. The van der Waals surface area contributed by atoms with E-state index in [0.29, 0.717) is 12.1 Å². The van der Waals surface area contributed by atoms with Gasteiger partial charge in [0.05, 0.1) is 0 Å². The Morgan fingerprint density at radius 1 is 0.556 bits per heavy atom. The third-order valence-electron chi connectivity index (χ3n) is 4.73. The Morgan fingerprint density at radius 3 is 0.833 bits per heavy atom. The molecule has 18 heavy (non-hydrogen) atoms. The Morgan fingerprint density at radius 2 is 0.722 bits per heavy atom. The quantitative estimate of drug-likeness (QED) is 0.373. The molecule has 0 aromatic heterocycles. The zero-order valence-corrected chi connectivity index (χ0v) is 15.5. The molecular formula is C14H32F2Si2. The minimum absolute atomic E-state index is 0.0927. The van der Waals surface area contributed by atoms with Crippen LogP contribution in [-0.2, 0) is 0 Å². The van der Waals surface area contributed by atoms with Gasteiger partial charge in [-0.05, 0) is 34.3 Å². The molecule has 0 rings (SSSR count). The number of halogens is 2. The van der Waals surface area contributed by atoms with Crippen molar-refractivity contribution in [3.05, 3.63) is 0 Å². The van der Waals surface area contributed by atoms with Gasteiger partial charge in [-0.15, -0.1) is 0 Å². The topological polar surface area (TPSA) is 0 Å². The average Bonchev–Trinajstić information content (AvgIpc) is 2.23. The molecule has 0 aromatic rings. The van der Waals surface area contributed by atoms with Gasteiger partial charge in [-0.2, -0.15) is 0 Å². The number of rotatable bonds is 7. The zero-order chi connectivity index (χ0) is 14.7. The zero-order valence-electron chi connectivity index (χ0n) is 13.5. The van der Waals surface area contributed by atoms with Gasteiger partial charge in [-0.3, -0.25) is 0 Å². The molecule has 0 aromatic carbocycles. The highest BCUT2D eigenvalue weighted by Crippen LogP contribution is 2.44. The van der Waals surface area contributed by atoms with Crippen LogP contribution in [0.1, 0.15) is 55.4 Å². The van der Waals surface area contributed by atoms with Crippen LogP contribution in [0.15, 0.2) is 0 Å². The number of hydrogen-bond donors (Lipinski definition) is 0. The maximum absolute atomic E-state index is 15.1. The second kappa shape index (κ2) is 6.64. The van der Waals surface area contributed by atoms with Crippen LogP contribution in [-0.4, -0.2) is 16.8 Å². The monoisotopic (exact) mass is 294 g/mol.